The number of halogens is 3. The lowest BCUT2D eigenvalue weighted by Gasteiger charge is -2.12. The van der Waals surface area contributed by atoms with Crippen molar-refractivity contribution < 1.29 is 27.4 Å². The summed E-state index contributed by atoms with van der Waals surface area (Å²) in [6.07, 6.45) is -3.29. The summed E-state index contributed by atoms with van der Waals surface area (Å²) in [6.45, 7) is 1.97. The lowest BCUT2D eigenvalue weighted by molar-refractivity contribution is -0.138. The first kappa shape index (κ1) is 16.7. The molecule has 0 radical (unpaired) electrons. The topological polar surface area (TPSA) is 54.6 Å². The molecule has 0 bridgehead atoms. The quantitative estimate of drug-likeness (QED) is 0.836. The molecule has 1 aliphatic rings. The van der Waals surface area contributed by atoms with Crippen molar-refractivity contribution in [3.05, 3.63) is 35.1 Å². The molecule has 1 aromatic carbocycles. The normalized spacial score (nSPS) is 18.1. The fourth-order valence-corrected chi connectivity index (χ4v) is 2.97. The maximum atomic E-state index is 13.2. The molecule has 2 heterocycles. The van der Waals surface area contributed by atoms with E-state index in [2.05, 4.69) is 5.32 Å². The molecule has 24 heavy (non-hydrogen) atoms. The molecule has 3 rings (SSSR count). The standard InChI is InChI=1S/C17H18F3NO3/c1-9-5-6-10(8-11(9)17(18,19)20)13-14(22)15(24-16(13)21-2)12-4-3-7-23-12/h5-6,8,12,21-22H,3-4,7H2,1-2H3. The number of alkyl halides is 3. The first-order chi connectivity index (χ1) is 11.3. The average molecular weight is 341 g/mol. The first-order valence-corrected chi connectivity index (χ1v) is 7.66. The Hall–Kier alpha value is -2.15. The molecule has 0 amide bonds. The molecule has 7 heteroatoms. The van der Waals surface area contributed by atoms with E-state index in [0.717, 1.165) is 12.5 Å². The van der Waals surface area contributed by atoms with Gasteiger partial charge in [-0.1, -0.05) is 12.1 Å². The van der Waals surface area contributed by atoms with Crippen LogP contribution >= 0.6 is 0 Å². The molecule has 0 saturated carbocycles. The summed E-state index contributed by atoms with van der Waals surface area (Å²) in [6, 6.07) is 3.95. The van der Waals surface area contributed by atoms with Gasteiger partial charge in [0, 0.05) is 13.7 Å². The maximum Gasteiger partial charge on any atom is 0.416 e. The van der Waals surface area contributed by atoms with Crippen LogP contribution in [-0.2, 0) is 10.9 Å². The van der Waals surface area contributed by atoms with Gasteiger partial charge in [-0.2, -0.15) is 13.2 Å². The van der Waals surface area contributed by atoms with Crippen LogP contribution in [0.4, 0.5) is 19.1 Å². The van der Waals surface area contributed by atoms with Gasteiger partial charge in [0.15, 0.2) is 11.5 Å². The molecule has 1 unspecified atom stereocenters. The zero-order valence-corrected chi connectivity index (χ0v) is 13.3. The van der Waals surface area contributed by atoms with Crippen molar-refractivity contribution in [1.29, 1.82) is 0 Å². The molecule has 0 aliphatic carbocycles. The van der Waals surface area contributed by atoms with E-state index in [1.165, 1.54) is 19.1 Å². The highest BCUT2D eigenvalue weighted by molar-refractivity contribution is 5.82. The molecule has 1 atom stereocenters. The highest BCUT2D eigenvalue weighted by Crippen LogP contribution is 2.47. The smallest absolute Gasteiger partial charge is 0.416 e. The Morgan fingerprint density at radius 2 is 2.04 bits per heavy atom. The second-order valence-corrected chi connectivity index (χ2v) is 5.80. The summed E-state index contributed by atoms with van der Waals surface area (Å²) in [7, 11) is 1.58. The average Bonchev–Trinajstić information content (AvgIpc) is 3.14. The van der Waals surface area contributed by atoms with E-state index in [1.807, 2.05) is 0 Å². The number of hydrogen-bond donors (Lipinski definition) is 2. The summed E-state index contributed by atoms with van der Waals surface area (Å²) in [4.78, 5) is 0. The van der Waals surface area contributed by atoms with Gasteiger partial charge in [0.1, 0.15) is 6.10 Å². The number of rotatable bonds is 3. The number of aryl methyl sites for hydroxylation is 1. The Balaban J connectivity index is 2.12. The van der Waals surface area contributed by atoms with Crippen molar-refractivity contribution in [3.8, 4) is 16.9 Å². The third kappa shape index (κ3) is 2.84. The predicted octanol–water partition coefficient (Wildman–Crippen LogP) is 4.87. The van der Waals surface area contributed by atoms with Gasteiger partial charge in [0.2, 0.25) is 5.88 Å². The number of anilines is 1. The molecule has 2 aromatic rings. The van der Waals surface area contributed by atoms with E-state index in [4.69, 9.17) is 9.15 Å². The fourth-order valence-electron chi connectivity index (χ4n) is 2.97. The van der Waals surface area contributed by atoms with Crippen LogP contribution < -0.4 is 5.32 Å². The van der Waals surface area contributed by atoms with E-state index in [1.54, 1.807) is 7.05 Å². The molecule has 130 valence electrons. The minimum absolute atomic E-state index is 0.125. The van der Waals surface area contributed by atoms with Crippen LogP contribution in [0.5, 0.6) is 5.75 Å². The van der Waals surface area contributed by atoms with Crippen LogP contribution in [0, 0.1) is 6.92 Å². The minimum atomic E-state index is -4.46. The molecular formula is C17H18F3NO3. The van der Waals surface area contributed by atoms with Crippen molar-refractivity contribution in [1.82, 2.24) is 0 Å². The molecule has 1 aliphatic heterocycles. The third-order valence-corrected chi connectivity index (χ3v) is 4.19. The monoisotopic (exact) mass is 341 g/mol. The first-order valence-electron chi connectivity index (χ1n) is 7.66. The van der Waals surface area contributed by atoms with Crippen LogP contribution in [0.25, 0.3) is 11.1 Å². The summed E-state index contributed by atoms with van der Waals surface area (Å²) < 4.78 is 50.6. The molecular weight excluding hydrogens is 323 g/mol. The molecule has 1 fully saturated rings. The predicted molar refractivity (Wildman–Crippen MR) is 83.0 cm³/mol. The van der Waals surface area contributed by atoms with Gasteiger partial charge < -0.3 is 19.6 Å². The lowest BCUT2D eigenvalue weighted by Crippen LogP contribution is -2.07. The van der Waals surface area contributed by atoms with E-state index >= 15 is 0 Å². The van der Waals surface area contributed by atoms with Crippen molar-refractivity contribution in [2.75, 3.05) is 19.0 Å². The SMILES string of the molecule is CNc1oc(C2CCCO2)c(O)c1-c1ccc(C)c(C(F)(F)F)c1. The van der Waals surface area contributed by atoms with Crippen LogP contribution in [0.3, 0.4) is 0 Å². The number of furan rings is 1. The van der Waals surface area contributed by atoms with Crippen LogP contribution in [0.2, 0.25) is 0 Å². The van der Waals surface area contributed by atoms with Gasteiger partial charge in [-0.05, 0) is 37.0 Å². The highest BCUT2D eigenvalue weighted by Gasteiger charge is 2.34. The van der Waals surface area contributed by atoms with Gasteiger partial charge in [0.25, 0.3) is 0 Å². The third-order valence-electron chi connectivity index (χ3n) is 4.19. The molecule has 4 nitrogen and oxygen atoms in total. The van der Waals surface area contributed by atoms with Gasteiger partial charge in [-0.25, -0.2) is 0 Å². The number of nitrogens with one attached hydrogen (secondary N) is 1. The number of aromatic hydroxyl groups is 1. The fraction of sp³-hybridized carbons (Fsp3) is 0.412. The second kappa shape index (κ2) is 6.05. The highest BCUT2D eigenvalue weighted by atomic mass is 19.4. The number of ether oxygens (including phenoxy) is 1. The Morgan fingerprint density at radius 1 is 1.29 bits per heavy atom. The van der Waals surface area contributed by atoms with Crippen LogP contribution in [0.1, 0.15) is 35.8 Å². The van der Waals surface area contributed by atoms with Crippen molar-refractivity contribution >= 4 is 5.88 Å². The summed E-state index contributed by atoms with van der Waals surface area (Å²) in [5.74, 6) is 0.291. The number of benzene rings is 1. The minimum Gasteiger partial charge on any atom is -0.504 e. The van der Waals surface area contributed by atoms with E-state index < -0.39 is 11.7 Å². The molecule has 0 spiro atoms. The summed E-state index contributed by atoms with van der Waals surface area (Å²) >= 11 is 0. The lowest BCUT2D eigenvalue weighted by atomic mass is 9.99. The van der Waals surface area contributed by atoms with Gasteiger partial charge in [-0.15, -0.1) is 0 Å². The van der Waals surface area contributed by atoms with Gasteiger partial charge in [0.05, 0.1) is 11.1 Å². The molecule has 1 aromatic heterocycles. The Bertz CT molecular complexity index is 746. The van der Waals surface area contributed by atoms with E-state index in [9.17, 15) is 18.3 Å². The maximum absolute atomic E-state index is 13.2. The Morgan fingerprint density at radius 3 is 2.62 bits per heavy atom. The zero-order valence-electron chi connectivity index (χ0n) is 13.3. The van der Waals surface area contributed by atoms with Gasteiger partial charge in [-0.3, -0.25) is 0 Å². The van der Waals surface area contributed by atoms with E-state index in [-0.39, 0.29) is 40.2 Å². The summed E-state index contributed by atoms with van der Waals surface area (Å²) in [5, 5.41) is 13.3. The van der Waals surface area contributed by atoms with Crippen LogP contribution in [0.15, 0.2) is 22.6 Å². The Labute approximate surface area is 137 Å². The van der Waals surface area contributed by atoms with Crippen molar-refractivity contribution in [2.45, 2.75) is 32.0 Å². The Kier molecular flexibility index (Phi) is 4.21. The van der Waals surface area contributed by atoms with E-state index in [0.29, 0.717) is 13.0 Å². The van der Waals surface area contributed by atoms with Gasteiger partial charge >= 0.3 is 6.18 Å². The van der Waals surface area contributed by atoms with Crippen LogP contribution in [-0.4, -0.2) is 18.8 Å². The van der Waals surface area contributed by atoms with Crippen molar-refractivity contribution in [2.24, 2.45) is 0 Å². The second-order valence-electron chi connectivity index (χ2n) is 5.80. The summed E-state index contributed by atoms with van der Waals surface area (Å²) in [5.41, 5.74) is -0.155. The molecule has 1 saturated heterocycles. The molecule has 2 N–H and O–H groups in total. The zero-order chi connectivity index (χ0) is 17.5. The largest absolute Gasteiger partial charge is 0.504 e. The van der Waals surface area contributed by atoms with Crippen molar-refractivity contribution in [3.63, 3.8) is 0 Å². The number of hydrogen-bond acceptors (Lipinski definition) is 4.